The van der Waals surface area contributed by atoms with Crippen LogP contribution >= 0.6 is 35.3 Å². The molecule has 17 heteroatoms. The topological polar surface area (TPSA) is 113 Å². The first-order valence-electron chi connectivity index (χ1n) is 28.1. The molecule has 0 aromatic heterocycles. The number of carbonyl (C=O) groups is 3. The standard InChI is InChI=1S/C29H60N4O4S2.C25H52N4O2S/c1-6-36-28(34)26-38-24-13-9-8-10-18-32(4)22-15-23-33(5)20-12-11-19-31(3)21-14-16-30-17-25-39-27-29(35)37-7-2;1-5-31-25(30)24-32-23-11-7-6-8-14-26(2)17-12-18-27(3)15-9-10-16-28(4)19-13-20-29-21-22-29/h30H,6-27H2,1-5H3;5-24H2,1-4H3. The van der Waals surface area contributed by atoms with Gasteiger partial charge in [-0.1, -0.05) is 25.7 Å². The van der Waals surface area contributed by atoms with Crippen LogP contribution < -0.4 is 5.32 Å². The van der Waals surface area contributed by atoms with Crippen LogP contribution in [0, 0.1) is 0 Å². The summed E-state index contributed by atoms with van der Waals surface area (Å²) in [5.74, 6) is 4.22. The Labute approximate surface area is 450 Å². The van der Waals surface area contributed by atoms with Crippen LogP contribution in [-0.2, 0) is 28.6 Å². The normalized spacial score (nSPS) is 12.7. The summed E-state index contributed by atoms with van der Waals surface area (Å²) < 4.78 is 14.8. The highest BCUT2D eigenvalue weighted by Gasteiger charge is 2.16. The number of unbranched alkanes of at least 4 members (excludes halogenated alkanes) is 8. The molecule has 1 aliphatic rings. The molecule has 1 rings (SSSR count). The summed E-state index contributed by atoms with van der Waals surface area (Å²) in [7, 11) is 13.5. The van der Waals surface area contributed by atoms with E-state index >= 15 is 0 Å². The average Bonchev–Trinajstić information content (AvgIpc) is 4.17. The minimum atomic E-state index is -0.113. The molecule has 0 aliphatic carbocycles. The Balaban J connectivity index is 0.00000141. The molecule has 71 heavy (non-hydrogen) atoms. The van der Waals surface area contributed by atoms with Crippen LogP contribution in [0.5, 0.6) is 0 Å². The zero-order valence-electron chi connectivity index (χ0n) is 47.5. The van der Waals surface area contributed by atoms with Crippen molar-refractivity contribution in [3.05, 3.63) is 0 Å². The van der Waals surface area contributed by atoms with E-state index in [-0.39, 0.29) is 17.9 Å². The zero-order chi connectivity index (χ0) is 52.4. The lowest BCUT2D eigenvalue weighted by Gasteiger charge is -2.21. The van der Waals surface area contributed by atoms with Gasteiger partial charge in [-0.3, -0.25) is 14.4 Å². The zero-order valence-corrected chi connectivity index (χ0v) is 50.0. The minimum absolute atomic E-state index is 0.0783. The molecular formula is C54H112N8O6S3. The molecule has 1 saturated heterocycles. The Hall–Kier alpha value is -0.860. The molecular weight excluding hydrogens is 953 g/mol. The van der Waals surface area contributed by atoms with Crippen molar-refractivity contribution in [2.45, 2.75) is 124 Å². The van der Waals surface area contributed by atoms with Gasteiger partial charge in [-0.25, -0.2) is 0 Å². The molecule has 0 spiro atoms. The van der Waals surface area contributed by atoms with E-state index in [1.807, 2.05) is 20.8 Å². The van der Waals surface area contributed by atoms with Crippen LogP contribution in [0.15, 0.2) is 0 Å². The summed E-state index contributed by atoms with van der Waals surface area (Å²) in [4.78, 5) is 51.2. The lowest BCUT2D eigenvalue weighted by molar-refractivity contribution is -0.140. The number of nitrogens with one attached hydrogen (secondary N) is 1. The smallest absolute Gasteiger partial charge is 0.315 e. The molecule has 0 radical (unpaired) electrons. The predicted molar refractivity (Wildman–Crippen MR) is 310 cm³/mol. The van der Waals surface area contributed by atoms with Crippen molar-refractivity contribution in [3.63, 3.8) is 0 Å². The molecule has 0 saturated carbocycles. The van der Waals surface area contributed by atoms with Crippen molar-refractivity contribution in [1.29, 1.82) is 0 Å². The molecule has 0 aromatic rings. The van der Waals surface area contributed by atoms with Crippen molar-refractivity contribution in [2.24, 2.45) is 0 Å². The number of nitrogens with zero attached hydrogens (tertiary/aromatic N) is 7. The number of rotatable bonds is 52. The Morgan fingerprint density at radius 3 is 1.03 bits per heavy atom. The summed E-state index contributed by atoms with van der Waals surface area (Å²) in [5, 5.41) is 3.46. The fourth-order valence-electron chi connectivity index (χ4n) is 7.97. The first-order valence-corrected chi connectivity index (χ1v) is 31.6. The van der Waals surface area contributed by atoms with E-state index < -0.39 is 0 Å². The number of hydrogen-bond donors (Lipinski definition) is 1. The van der Waals surface area contributed by atoms with Crippen LogP contribution in [0.25, 0.3) is 0 Å². The second kappa shape index (κ2) is 52.6. The van der Waals surface area contributed by atoms with Gasteiger partial charge >= 0.3 is 17.9 Å². The fourth-order valence-corrected chi connectivity index (χ4v) is 10.3. The molecule has 1 fully saturated rings. The number of hydrogen-bond acceptors (Lipinski definition) is 17. The van der Waals surface area contributed by atoms with Gasteiger partial charge in [0, 0.05) is 25.4 Å². The van der Waals surface area contributed by atoms with Gasteiger partial charge in [0.05, 0.1) is 37.1 Å². The van der Waals surface area contributed by atoms with Gasteiger partial charge in [0.25, 0.3) is 0 Å². The van der Waals surface area contributed by atoms with E-state index in [4.69, 9.17) is 14.2 Å². The third-order valence-corrected chi connectivity index (χ3v) is 15.4. The number of carbonyl (C=O) groups excluding carboxylic acids is 3. The quantitative estimate of drug-likeness (QED) is 0.0279. The molecule has 1 heterocycles. The Morgan fingerprint density at radius 2 is 0.676 bits per heavy atom. The first-order chi connectivity index (χ1) is 34.4. The average molecular weight is 1070 g/mol. The van der Waals surface area contributed by atoms with Crippen molar-refractivity contribution in [2.75, 3.05) is 208 Å². The lowest BCUT2D eigenvalue weighted by Crippen LogP contribution is -2.28. The van der Waals surface area contributed by atoms with Crippen LogP contribution in [0.2, 0.25) is 0 Å². The highest BCUT2D eigenvalue weighted by molar-refractivity contribution is 8.00. The molecule has 14 nitrogen and oxygen atoms in total. The van der Waals surface area contributed by atoms with E-state index in [0.717, 1.165) is 49.9 Å². The molecule has 0 unspecified atom stereocenters. The predicted octanol–water partition coefficient (Wildman–Crippen LogP) is 7.60. The van der Waals surface area contributed by atoms with Gasteiger partial charge in [-0.15, -0.1) is 11.8 Å². The summed E-state index contributed by atoms with van der Waals surface area (Å²) in [6.07, 6.45) is 20.1. The van der Waals surface area contributed by atoms with E-state index in [0.29, 0.717) is 37.1 Å². The van der Waals surface area contributed by atoms with Crippen LogP contribution in [-0.4, -0.2) is 260 Å². The Kier molecular flexibility index (Phi) is 51.9. The number of thioether (sulfide) groups is 3. The third-order valence-electron chi connectivity index (χ3n) is 12.4. The van der Waals surface area contributed by atoms with Crippen LogP contribution in [0.3, 0.4) is 0 Å². The van der Waals surface area contributed by atoms with E-state index in [1.54, 1.807) is 35.3 Å². The second-order valence-electron chi connectivity index (χ2n) is 19.6. The van der Waals surface area contributed by atoms with Gasteiger partial charge in [-0.05, 0) is 243 Å². The summed E-state index contributed by atoms with van der Waals surface area (Å²) in [5.41, 5.74) is 0. The third kappa shape index (κ3) is 53.8. The largest absolute Gasteiger partial charge is 0.465 e. The summed E-state index contributed by atoms with van der Waals surface area (Å²) in [6, 6.07) is 0. The molecule has 1 aliphatic heterocycles. The maximum Gasteiger partial charge on any atom is 0.315 e. The van der Waals surface area contributed by atoms with Gasteiger partial charge in [0.1, 0.15) is 0 Å². The highest BCUT2D eigenvalue weighted by Crippen LogP contribution is 2.11. The maximum absolute atomic E-state index is 11.3. The minimum Gasteiger partial charge on any atom is -0.465 e. The highest BCUT2D eigenvalue weighted by atomic mass is 32.2. The van der Waals surface area contributed by atoms with Crippen LogP contribution in [0.4, 0.5) is 0 Å². The van der Waals surface area contributed by atoms with Crippen molar-refractivity contribution in [1.82, 2.24) is 39.6 Å². The monoisotopic (exact) mass is 1060 g/mol. The van der Waals surface area contributed by atoms with Gasteiger partial charge < -0.3 is 53.8 Å². The summed E-state index contributed by atoms with van der Waals surface area (Å²) >= 11 is 5.02. The maximum atomic E-state index is 11.3. The molecule has 0 aromatic carbocycles. The van der Waals surface area contributed by atoms with E-state index in [1.165, 1.54) is 181 Å². The lowest BCUT2D eigenvalue weighted by atomic mass is 10.2. The van der Waals surface area contributed by atoms with Crippen molar-refractivity contribution in [3.8, 4) is 0 Å². The van der Waals surface area contributed by atoms with Gasteiger partial charge in [0.15, 0.2) is 0 Å². The SMILES string of the molecule is CCOC(=O)CSCCCCCCN(C)CCCN(C)CCCCN(C)CCCN1CC1.CCOC(=O)CSCCCCCCN(C)CCCN(C)CCCCN(C)CCCNCCSCC(=O)OCC. The van der Waals surface area contributed by atoms with Crippen molar-refractivity contribution < 1.29 is 28.6 Å². The Morgan fingerprint density at radius 1 is 0.380 bits per heavy atom. The van der Waals surface area contributed by atoms with Gasteiger partial charge in [0.2, 0.25) is 0 Å². The van der Waals surface area contributed by atoms with E-state index in [9.17, 15) is 14.4 Å². The van der Waals surface area contributed by atoms with E-state index in [2.05, 4.69) is 81.9 Å². The molecule has 0 bridgehead atoms. The van der Waals surface area contributed by atoms with Crippen molar-refractivity contribution >= 4 is 53.2 Å². The molecule has 0 atom stereocenters. The second-order valence-corrected chi connectivity index (χ2v) is 23.0. The Bertz CT molecular complexity index is 1200. The number of esters is 3. The number of ether oxygens (including phenoxy) is 3. The molecule has 0 amide bonds. The fraction of sp³-hybridized carbons (Fsp3) is 0.944. The van der Waals surface area contributed by atoms with Gasteiger partial charge in [-0.2, -0.15) is 23.5 Å². The first kappa shape index (κ1) is 70.1. The van der Waals surface area contributed by atoms with Crippen LogP contribution in [0.1, 0.15) is 124 Å². The molecule has 1 N–H and O–H groups in total. The summed E-state index contributed by atoms with van der Waals surface area (Å²) in [6.45, 7) is 27.2. The molecule has 422 valence electrons.